The lowest BCUT2D eigenvalue weighted by molar-refractivity contribution is -0.129. The van der Waals surface area contributed by atoms with E-state index < -0.39 is 0 Å². The van der Waals surface area contributed by atoms with E-state index >= 15 is 0 Å². The Labute approximate surface area is 158 Å². The smallest absolute Gasteiger partial charge is 0.251 e. The fourth-order valence-corrected chi connectivity index (χ4v) is 4.21. The van der Waals surface area contributed by atoms with Crippen molar-refractivity contribution >= 4 is 33.4 Å². The van der Waals surface area contributed by atoms with Crippen LogP contribution in [0, 0.1) is 6.92 Å². The highest BCUT2D eigenvalue weighted by molar-refractivity contribution is 7.18. The fraction of sp³-hybridized carbons (Fsp3) is 0.526. The van der Waals surface area contributed by atoms with E-state index in [0.717, 1.165) is 41.2 Å². The van der Waals surface area contributed by atoms with E-state index in [1.165, 1.54) is 0 Å². The third-order valence-corrected chi connectivity index (χ3v) is 5.69. The molecule has 1 aromatic heterocycles. The lowest BCUT2D eigenvalue weighted by Gasteiger charge is -2.26. The van der Waals surface area contributed by atoms with Gasteiger partial charge in [0.1, 0.15) is 0 Å². The van der Waals surface area contributed by atoms with E-state index in [-0.39, 0.29) is 17.9 Å². The third kappa shape index (κ3) is 4.40. The summed E-state index contributed by atoms with van der Waals surface area (Å²) in [6.07, 6.45) is 2.30. The number of hydrogen-bond donors (Lipinski definition) is 1. The van der Waals surface area contributed by atoms with Crippen molar-refractivity contribution in [3.05, 3.63) is 28.8 Å². The molecule has 0 bridgehead atoms. The molecule has 1 aliphatic rings. The van der Waals surface area contributed by atoms with E-state index in [2.05, 4.69) is 15.2 Å². The van der Waals surface area contributed by atoms with Crippen LogP contribution in [0.3, 0.4) is 0 Å². The zero-order valence-electron chi connectivity index (χ0n) is 15.6. The van der Waals surface area contributed by atoms with Gasteiger partial charge in [0.15, 0.2) is 0 Å². The van der Waals surface area contributed by atoms with Crippen LogP contribution in [0.15, 0.2) is 18.2 Å². The third-order valence-electron chi connectivity index (χ3n) is 4.76. The van der Waals surface area contributed by atoms with Crippen molar-refractivity contribution in [1.29, 1.82) is 0 Å². The standard InChI is InChI=1S/C19H26N4O2S/c1-13-21-16-6-4-14(12-17(16)26-13)19(25)20-9-8-15-5-7-18(24)23(15)11-10-22(2)3/h4,6,12,15H,5,7-11H2,1-3H3,(H,20,25)/t15-/m0/s1. The molecule has 0 saturated carbocycles. The van der Waals surface area contributed by atoms with Gasteiger partial charge in [0.2, 0.25) is 5.91 Å². The Hall–Kier alpha value is -1.99. The molecule has 1 fully saturated rings. The average molecular weight is 375 g/mol. The second-order valence-electron chi connectivity index (χ2n) is 7.04. The Balaban J connectivity index is 1.52. The summed E-state index contributed by atoms with van der Waals surface area (Å²) in [6.45, 7) is 4.17. The predicted molar refractivity (Wildman–Crippen MR) is 105 cm³/mol. The molecule has 1 saturated heterocycles. The molecule has 140 valence electrons. The molecule has 0 aliphatic carbocycles. The minimum Gasteiger partial charge on any atom is -0.352 e. The molecule has 7 heteroatoms. The summed E-state index contributed by atoms with van der Waals surface area (Å²) >= 11 is 1.60. The van der Waals surface area contributed by atoms with Crippen LogP contribution in [0.25, 0.3) is 10.2 Å². The molecule has 2 heterocycles. The molecule has 0 spiro atoms. The lowest BCUT2D eigenvalue weighted by Crippen LogP contribution is -2.40. The van der Waals surface area contributed by atoms with E-state index in [9.17, 15) is 9.59 Å². The number of likely N-dealkylation sites (N-methyl/N-ethyl adjacent to an activating group) is 1. The normalized spacial score (nSPS) is 17.5. The van der Waals surface area contributed by atoms with Gasteiger partial charge in [0.05, 0.1) is 15.2 Å². The van der Waals surface area contributed by atoms with Gasteiger partial charge in [-0.1, -0.05) is 0 Å². The van der Waals surface area contributed by atoms with Crippen LogP contribution in [0.2, 0.25) is 0 Å². The number of carbonyl (C=O) groups is 2. The van der Waals surface area contributed by atoms with Gasteiger partial charge in [-0.2, -0.15) is 0 Å². The molecular formula is C19H26N4O2S. The molecule has 6 nitrogen and oxygen atoms in total. The zero-order chi connectivity index (χ0) is 18.7. The highest BCUT2D eigenvalue weighted by Crippen LogP contribution is 2.23. The second-order valence-corrected chi connectivity index (χ2v) is 8.28. The van der Waals surface area contributed by atoms with Gasteiger partial charge in [-0.25, -0.2) is 4.98 Å². The Morgan fingerprint density at radius 3 is 3.00 bits per heavy atom. The molecule has 26 heavy (non-hydrogen) atoms. The summed E-state index contributed by atoms with van der Waals surface area (Å²) in [7, 11) is 4.02. The summed E-state index contributed by atoms with van der Waals surface area (Å²) in [5.41, 5.74) is 1.60. The topological polar surface area (TPSA) is 65.5 Å². The van der Waals surface area contributed by atoms with Crippen LogP contribution >= 0.6 is 11.3 Å². The van der Waals surface area contributed by atoms with E-state index in [1.54, 1.807) is 11.3 Å². The summed E-state index contributed by atoms with van der Waals surface area (Å²) < 4.78 is 1.03. The van der Waals surface area contributed by atoms with Gasteiger partial charge >= 0.3 is 0 Å². The number of benzene rings is 1. The molecule has 2 amide bonds. The highest BCUT2D eigenvalue weighted by atomic mass is 32.1. The number of hydrogen-bond acceptors (Lipinski definition) is 5. The highest BCUT2D eigenvalue weighted by Gasteiger charge is 2.30. The zero-order valence-corrected chi connectivity index (χ0v) is 16.4. The van der Waals surface area contributed by atoms with Crippen LogP contribution < -0.4 is 5.32 Å². The number of rotatable bonds is 7. The molecule has 1 atom stereocenters. The van der Waals surface area contributed by atoms with Gasteiger partial charge in [-0.15, -0.1) is 11.3 Å². The average Bonchev–Trinajstić information content (AvgIpc) is 3.13. The quantitative estimate of drug-likeness (QED) is 0.807. The van der Waals surface area contributed by atoms with Crippen LogP contribution in [0.4, 0.5) is 0 Å². The molecular weight excluding hydrogens is 348 g/mol. The van der Waals surface area contributed by atoms with Crippen molar-refractivity contribution in [2.45, 2.75) is 32.2 Å². The number of fused-ring (bicyclic) bond motifs is 1. The maximum Gasteiger partial charge on any atom is 0.251 e. The van der Waals surface area contributed by atoms with Gasteiger partial charge in [-0.05, 0) is 52.1 Å². The number of aryl methyl sites for hydroxylation is 1. The van der Waals surface area contributed by atoms with Crippen LogP contribution in [-0.4, -0.2) is 66.4 Å². The summed E-state index contributed by atoms with van der Waals surface area (Å²) in [5, 5.41) is 4.00. The van der Waals surface area contributed by atoms with Gasteiger partial charge < -0.3 is 15.1 Å². The Morgan fingerprint density at radius 1 is 1.42 bits per heavy atom. The summed E-state index contributed by atoms with van der Waals surface area (Å²) in [6, 6.07) is 5.85. The van der Waals surface area contributed by atoms with Crippen LogP contribution in [0.5, 0.6) is 0 Å². The molecule has 0 radical (unpaired) electrons. The minimum atomic E-state index is -0.0675. The number of nitrogens with one attached hydrogen (secondary N) is 1. The van der Waals surface area contributed by atoms with Crippen LogP contribution in [0.1, 0.15) is 34.6 Å². The van der Waals surface area contributed by atoms with Crippen LogP contribution in [-0.2, 0) is 4.79 Å². The SMILES string of the molecule is Cc1nc2ccc(C(=O)NCC[C@@H]3CCC(=O)N3CCN(C)C)cc2s1. The number of likely N-dealkylation sites (tertiary alicyclic amines) is 1. The minimum absolute atomic E-state index is 0.0675. The fourth-order valence-electron chi connectivity index (χ4n) is 3.34. The Kier molecular flexibility index (Phi) is 5.88. The van der Waals surface area contributed by atoms with Crippen molar-refractivity contribution in [2.75, 3.05) is 33.7 Å². The van der Waals surface area contributed by atoms with Crippen molar-refractivity contribution in [2.24, 2.45) is 0 Å². The molecule has 1 aliphatic heterocycles. The number of amides is 2. The summed E-state index contributed by atoms with van der Waals surface area (Å²) in [4.78, 5) is 32.9. The monoisotopic (exact) mass is 374 g/mol. The first-order valence-electron chi connectivity index (χ1n) is 9.03. The Bertz CT molecular complexity index is 802. The van der Waals surface area contributed by atoms with Gasteiger partial charge in [0, 0.05) is 37.7 Å². The maximum atomic E-state index is 12.4. The largest absolute Gasteiger partial charge is 0.352 e. The molecule has 1 aromatic carbocycles. The van der Waals surface area contributed by atoms with E-state index in [1.807, 2.05) is 44.1 Å². The molecule has 1 N–H and O–H groups in total. The van der Waals surface area contributed by atoms with Crippen molar-refractivity contribution < 1.29 is 9.59 Å². The Morgan fingerprint density at radius 2 is 2.23 bits per heavy atom. The number of nitrogens with zero attached hydrogens (tertiary/aromatic N) is 3. The van der Waals surface area contributed by atoms with Gasteiger partial charge in [-0.3, -0.25) is 9.59 Å². The number of thiazole rings is 1. The van der Waals surface area contributed by atoms with E-state index in [4.69, 9.17) is 0 Å². The first kappa shape index (κ1) is 18.8. The second kappa shape index (κ2) is 8.14. The first-order chi connectivity index (χ1) is 12.4. The van der Waals surface area contributed by atoms with Crippen molar-refractivity contribution in [3.8, 4) is 0 Å². The number of carbonyl (C=O) groups excluding carboxylic acids is 2. The lowest BCUT2D eigenvalue weighted by atomic mass is 10.1. The van der Waals surface area contributed by atoms with Crippen molar-refractivity contribution in [3.63, 3.8) is 0 Å². The van der Waals surface area contributed by atoms with E-state index in [0.29, 0.717) is 18.5 Å². The first-order valence-corrected chi connectivity index (χ1v) is 9.85. The molecule has 2 aromatic rings. The molecule has 3 rings (SSSR count). The maximum absolute atomic E-state index is 12.4. The number of aromatic nitrogens is 1. The van der Waals surface area contributed by atoms with Gasteiger partial charge in [0.25, 0.3) is 5.91 Å². The van der Waals surface area contributed by atoms with Crippen molar-refractivity contribution in [1.82, 2.24) is 20.1 Å². The summed E-state index contributed by atoms with van der Waals surface area (Å²) in [5.74, 6) is 0.163. The predicted octanol–water partition coefficient (Wildman–Crippen LogP) is 2.28. The molecule has 0 unspecified atom stereocenters.